The summed E-state index contributed by atoms with van der Waals surface area (Å²) < 4.78 is 27.5. The fraction of sp³-hybridized carbons (Fsp3) is 0.692. The smallest absolute Gasteiger partial charge is 0.252 e. The Morgan fingerprint density at radius 3 is 2.50 bits per heavy atom. The Morgan fingerprint density at radius 2 is 1.95 bits per heavy atom. The van der Waals surface area contributed by atoms with Gasteiger partial charge in [0.2, 0.25) is 0 Å². The van der Waals surface area contributed by atoms with E-state index < -0.39 is 10.0 Å². The first-order chi connectivity index (χ1) is 9.68. The van der Waals surface area contributed by atoms with E-state index in [0.29, 0.717) is 28.2 Å². The van der Waals surface area contributed by atoms with E-state index in [9.17, 15) is 8.42 Å². The molecule has 1 aromatic rings. The lowest BCUT2D eigenvalue weighted by atomic mass is 10.1. The van der Waals surface area contributed by atoms with Gasteiger partial charge in [-0.05, 0) is 38.9 Å². The Morgan fingerprint density at radius 1 is 1.27 bits per heavy atom. The van der Waals surface area contributed by atoms with Crippen LogP contribution in [0.25, 0.3) is 0 Å². The molecule has 0 bridgehead atoms. The van der Waals surface area contributed by atoms with E-state index in [-0.39, 0.29) is 17.9 Å². The summed E-state index contributed by atoms with van der Waals surface area (Å²) in [4.78, 5) is 2.23. The van der Waals surface area contributed by atoms with Gasteiger partial charge in [-0.25, -0.2) is 8.42 Å². The molecule has 2 rings (SSSR count). The SMILES string of the molecule is CC(C)(N)CN1CCCN(S(=O)(=O)c2ccc(Cl)s2)CC1.Cl. The van der Waals surface area contributed by atoms with Crippen molar-refractivity contribution in [2.75, 3.05) is 32.7 Å². The summed E-state index contributed by atoms with van der Waals surface area (Å²) in [7, 11) is -3.42. The van der Waals surface area contributed by atoms with E-state index in [2.05, 4.69) is 4.90 Å². The first-order valence-electron chi connectivity index (χ1n) is 6.95. The van der Waals surface area contributed by atoms with Crippen LogP contribution in [0.4, 0.5) is 0 Å². The largest absolute Gasteiger partial charge is 0.324 e. The third-order valence-electron chi connectivity index (χ3n) is 3.32. The summed E-state index contributed by atoms with van der Waals surface area (Å²) >= 11 is 6.95. The van der Waals surface area contributed by atoms with E-state index >= 15 is 0 Å². The van der Waals surface area contributed by atoms with Gasteiger partial charge in [0.15, 0.2) is 0 Å². The molecule has 0 saturated carbocycles. The van der Waals surface area contributed by atoms with Crippen molar-refractivity contribution in [2.24, 2.45) is 5.73 Å². The van der Waals surface area contributed by atoms with Crippen LogP contribution in [0.15, 0.2) is 16.3 Å². The standard InChI is InChI=1S/C13H22ClN3O2S2.ClH/c1-13(2,15)10-16-6-3-7-17(9-8-16)21(18,19)12-5-4-11(14)20-12;/h4-5H,3,6-10,15H2,1-2H3;1H. The van der Waals surface area contributed by atoms with E-state index in [1.54, 1.807) is 16.4 Å². The molecule has 5 nitrogen and oxygen atoms in total. The Kier molecular flexibility index (Phi) is 7.13. The monoisotopic (exact) mass is 387 g/mol. The van der Waals surface area contributed by atoms with Crippen LogP contribution in [0.5, 0.6) is 0 Å². The molecule has 0 radical (unpaired) electrons. The molecule has 2 N–H and O–H groups in total. The molecule has 0 atom stereocenters. The number of halogens is 2. The van der Waals surface area contributed by atoms with Crippen molar-refractivity contribution in [1.82, 2.24) is 9.21 Å². The van der Waals surface area contributed by atoms with Crippen molar-refractivity contribution in [1.29, 1.82) is 0 Å². The second-order valence-corrected chi connectivity index (χ2v) is 9.96. The van der Waals surface area contributed by atoms with Crippen molar-refractivity contribution in [3.05, 3.63) is 16.5 Å². The Balaban J connectivity index is 0.00000242. The highest BCUT2D eigenvalue weighted by atomic mass is 35.5. The molecule has 1 aliphatic rings. The average Bonchev–Trinajstić information content (AvgIpc) is 2.65. The topological polar surface area (TPSA) is 66.6 Å². The third-order valence-corrected chi connectivity index (χ3v) is 6.92. The minimum absolute atomic E-state index is 0. The second kappa shape index (κ2) is 7.79. The molecular formula is C13H23Cl2N3O2S2. The maximum atomic E-state index is 12.6. The summed E-state index contributed by atoms with van der Waals surface area (Å²) in [5, 5.41) is 0. The summed E-state index contributed by atoms with van der Waals surface area (Å²) in [5.41, 5.74) is 5.78. The fourth-order valence-corrected chi connectivity index (χ4v) is 5.59. The molecule has 1 saturated heterocycles. The zero-order valence-electron chi connectivity index (χ0n) is 12.8. The number of thiophene rings is 1. The Hall–Kier alpha value is 0.110. The van der Waals surface area contributed by atoms with Crippen LogP contribution in [0.1, 0.15) is 20.3 Å². The normalized spacial score (nSPS) is 18.7. The number of nitrogens with zero attached hydrogens (tertiary/aromatic N) is 2. The van der Waals surface area contributed by atoms with Crippen molar-refractivity contribution in [3.63, 3.8) is 0 Å². The first-order valence-corrected chi connectivity index (χ1v) is 9.59. The van der Waals surface area contributed by atoms with Crippen LogP contribution >= 0.6 is 35.3 Å². The van der Waals surface area contributed by atoms with Gasteiger partial charge in [-0.1, -0.05) is 11.6 Å². The number of hydrogen-bond donors (Lipinski definition) is 1. The average molecular weight is 388 g/mol. The summed E-state index contributed by atoms with van der Waals surface area (Å²) in [6, 6.07) is 3.20. The Bertz CT molecular complexity index is 584. The minimum atomic E-state index is -3.42. The molecule has 2 heterocycles. The van der Waals surface area contributed by atoms with Crippen LogP contribution in [-0.2, 0) is 10.0 Å². The van der Waals surface area contributed by atoms with Crippen LogP contribution < -0.4 is 5.73 Å². The molecule has 22 heavy (non-hydrogen) atoms. The lowest BCUT2D eigenvalue weighted by Gasteiger charge is -2.28. The molecular weight excluding hydrogens is 365 g/mol. The van der Waals surface area contributed by atoms with Crippen LogP contribution in [-0.4, -0.2) is 55.9 Å². The molecule has 1 fully saturated rings. The molecule has 9 heteroatoms. The molecule has 1 aromatic heterocycles. The van der Waals surface area contributed by atoms with E-state index in [0.717, 1.165) is 30.8 Å². The zero-order chi connectivity index (χ0) is 15.7. The molecule has 0 aliphatic carbocycles. The molecule has 0 amide bonds. The van der Waals surface area contributed by atoms with E-state index in [4.69, 9.17) is 17.3 Å². The molecule has 128 valence electrons. The highest BCUT2D eigenvalue weighted by molar-refractivity contribution is 7.91. The van der Waals surface area contributed by atoms with Crippen molar-refractivity contribution in [2.45, 2.75) is 30.0 Å². The van der Waals surface area contributed by atoms with Gasteiger partial charge in [0.25, 0.3) is 10.0 Å². The number of rotatable bonds is 4. The fourth-order valence-electron chi connectivity index (χ4n) is 2.49. The predicted octanol–water partition coefficient (Wildman–Crippen LogP) is 2.26. The van der Waals surface area contributed by atoms with Crippen LogP contribution in [0, 0.1) is 0 Å². The maximum Gasteiger partial charge on any atom is 0.252 e. The van der Waals surface area contributed by atoms with Crippen LogP contribution in [0.2, 0.25) is 4.34 Å². The van der Waals surface area contributed by atoms with Crippen molar-refractivity contribution in [3.8, 4) is 0 Å². The van der Waals surface area contributed by atoms with Gasteiger partial charge < -0.3 is 10.6 Å². The highest BCUT2D eigenvalue weighted by Gasteiger charge is 2.29. The van der Waals surface area contributed by atoms with Gasteiger partial charge in [-0.2, -0.15) is 4.31 Å². The van der Waals surface area contributed by atoms with Gasteiger partial charge in [0, 0.05) is 31.7 Å². The molecule has 0 spiro atoms. The van der Waals surface area contributed by atoms with Gasteiger partial charge in [-0.15, -0.1) is 23.7 Å². The number of sulfonamides is 1. The molecule has 0 aromatic carbocycles. The van der Waals surface area contributed by atoms with E-state index in [1.807, 2.05) is 13.8 Å². The van der Waals surface area contributed by atoms with Gasteiger partial charge in [-0.3, -0.25) is 0 Å². The van der Waals surface area contributed by atoms with E-state index in [1.165, 1.54) is 0 Å². The van der Waals surface area contributed by atoms with Gasteiger partial charge in [0.05, 0.1) is 4.34 Å². The lowest BCUT2D eigenvalue weighted by molar-refractivity contribution is 0.235. The van der Waals surface area contributed by atoms with Crippen molar-refractivity contribution >= 4 is 45.4 Å². The van der Waals surface area contributed by atoms with Crippen LogP contribution in [0.3, 0.4) is 0 Å². The third kappa shape index (κ3) is 5.33. The lowest BCUT2D eigenvalue weighted by Crippen LogP contribution is -2.46. The number of hydrogen-bond acceptors (Lipinski definition) is 5. The van der Waals surface area contributed by atoms with Crippen molar-refractivity contribution < 1.29 is 8.42 Å². The number of nitrogens with two attached hydrogens (primary N) is 1. The van der Waals surface area contributed by atoms with Gasteiger partial charge >= 0.3 is 0 Å². The summed E-state index contributed by atoms with van der Waals surface area (Å²) in [6.45, 7) is 7.36. The zero-order valence-corrected chi connectivity index (χ0v) is 16.0. The highest BCUT2D eigenvalue weighted by Crippen LogP contribution is 2.28. The second-order valence-electron chi connectivity index (χ2n) is 6.08. The summed E-state index contributed by atoms with van der Waals surface area (Å²) in [6.07, 6.45) is 0.814. The predicted molar refractivity (Wildman–Crippen MR) is 94.7 cm³/mol. The Labute approximate surface area is 147 Å². The molecule has 1 aliphatic heterocycles. The quantitative estimate of drug-likeness (QED) is 0.859. The maximum absolute atomic E-state index is 12.6. The summed E-state index contributed by atoms with van der Waals surface area (Å²) in [5.74, 6) is 0. The molecule has 0 unspecified atom stereocenters. The first kappa shape index (κ1) is 20.2. The minimum Gasteiger partial charge on any atom is -0.324 e. The van der Waals surface area contributed by atoms with Gasteiger partial charge in [0.1, 0.15) is 4.21 Å².